The highest BCUT2D eigenvalue weighted by Crippen LogP contribution is 2.16. The molecule has 0 amide bonds. The maximum atomic E-state index is 2.49. The lowest BCUT2D eigenvalue weighted by Crippen LogP contribution is -2.45. The van der Waals surface area contributed by atoms with E-state index in [1.807, 2.05) is 0 Å². The molecule has 1 aliphatic rings. The first-order valence-corrected chi connectivity index (χ1v) is 4.50. The topological polar surface area (TPSA) is 3.24 Å². The molecule has 1 rings (SSSR count). The molecule has 1 aliphatic heterocycles. The zero-order valence-electron chi connectivity index (χ0n) is 8.30. The first kappa shape index (κ1) is 9.01. The van der Waals surface area contributed by atoms with E-state index in [2.05, 4.69) is 33.1 Å². The molecule has 0 spiro atoms. The molecule has 1 atom stereocenters. The molecule has 1 unspecified atom stereocenters. The van der Waals surface area contributed by atoms with Gasteiger partial charge in [0.15, 0.2) is 0 Å². The quantitative estimate of drug-likeness (QED) is 0.536. The number of hydrogen-bond acceptors (Lipinski definition) is 1. The summed E-state index contributed by atoms with van der Waals surface area (Å²) in [6.07, 6.45) is 2.78. The van der Waals surface area contributed by atoms with Crippen molar-refractivity contribution in [3.05, 3.63) is 0 Å². The molecule has 2 heteroatoms. The average molecular weight is 157 g/mol. The number of quaternary nitrogens is 1. The van der Waals surface area contributed by atoms with Crippen LogP contribution in [0.2, 0.25) is 0 Å². The molecule has 1 heterocycles. The highest BCUT2D eigenvalue weighted by molar-refractivity contribution is 4.75. The molecule has 2 nitrogen and oxygen atoms in total. The number of likely N-dealkylation sites (tertiary alicyclic amines) is 1. The third-order valence-corrected chi connectivity index (χ3v) is 2.43. The second-order valence-electron chi connectivity index (χ2n) is 4.75. The number of hydrogen-bond donors (Lipinski definition) is 0. The van der Waals surface area contributed by atoms with Crippen LogP contribution in [0.3, 0.4) is 0 Å². The summed E-state index contributed by atoms with van der Waals surface area (Å²) in [5, 5.41) is 0. The molecule has 0 aliphatic carbocycles. The van der Waals surface area contributed by atoms with Crippen molar-refractivity contribution in [1.29, 1.82) is 0 Å². The first-order chi connectivity index (χ1) is 4.99. The number of rotatable bonds is 2. The Hall–Kier alpha value is -0.0800. The van der Waals surface area contributed by atoms with Gasteiger partial charge in [0.05, 0.1) is 33.7 Å². The molecule has 0 saturated carbocycles. The van der Waals surface area contributed by atoms with Gasteiger partial charge in [-0.1, -0.05) is 0 Å². The maximum Gasteiger partial charge on any atom is 0.0938 e. The zero-order chi connectivity index (χ0) is 8.48. The second kappa shape index (κ2) is 3.11. The van der Waals surface area contributed by atoms with E-state index in [1.54, 1.807) is 0 Å². The molecule has 0 bridgehead atoms. The predicted molar refractivity (Wildman–Crippen MR) is 48.6 cm³/mol. The maximum absolute atomic E-state index is 2.49. The van der Waals surface area contributed by atoms with Crippen LogP contribution in [0.25, 0.3) is 0 Å². The molecule has 11 heavy (non-hydrogen) atoms. The highest BCUT2D eigenvalue weighted by atomic mass is 15.3. The lowest BCUT2D eigenvalue weighted by atomic mass is 10.2. The van der Waals surface area contributed by atoms with Crippen LogP contribution in [0.4, 0.5) is 0 Å². The van der Waals surface area contributed by atoms with Gasteiger partial charge in [-0.2, -0.15) is 0 Å². The lowest BCUT2D eigenvalue weighted by molar-refractivity contribution is -0.872. The predicted octanol–water partition coefficient (Wildman–Crippen LogP) is 0.787. The second-order valence-corrected chi connectivity index (χ2v) is 4.75. The number of nitrogens with zero attached hydrogens (tertiary/aromatic N) is 2. The van der Waals surface area contributed by atoms with Crippen molar-refractivity contribution >= 4 is 0 Å². The third-order valence-electron chi connectivity index (χ3n) is 2.43. The molecule has 0 aromatic rings. The van der Waals surface area contributed by atoms with Gasteiger partial charge in [-0.15, -0.1) is 0 Å². The fraction of sp³-hybridized carbons (Fsp3) is 1.00. The third kappa shape index (κ3) is 2.80. The summed E-state index contributed by atoms with van der Waals surface area (Å²) < 4.78 is 1.09. The minimum Gasteiger partial charge on any atom is -0.330 e. The van der Waals surface area contributed by atoms with Crippen LogP contribution >= 0.6 is 0 Å². The van der Waals surface area contributed by atoms with Gasteiger partial charge >= 0.3 is 0 Å². The van der Waals surface area contributed by atoms with Crippen molar-refractivity contribution in [3.63, 3.8) is 0 Å². The number of likely N-dealkylation sites (N-methyl/N-ethyl adjacent to an activating group) is 2. The SMILES string of the molecule is CN1CCCC1C[N+](C)(C)C. The van der Waals surface area contributed by atoms with E-state index in [4.69, 9.17) is 0 Å². The Bertz CT molecular complexity index is 126. The van der Waals surface area contributed by atoms with E-state index in [1.165, 1.54) is 25.9 Å². The summed E-state index contributed by atoms with van der Waals surface area (Å²) in [5.41, 5.74) is 0. The van der Waals surface area contributed by atoms with Gasteiger partial charge in [-0.25, -0.2) is 0 Å². The van der Waals surface area contributed by atoms with Crippen molar-refractivity contribution in [2.24, 2.45) is 0 Å². The van der Waals surface area contributed by atoms with Gasteiger partial charge in [0.2, 0.25) is 0 Å². The van der Waals surface area contributed by atoms with Gasteiger partial charge in [-0.3, -0.25) is 4.90 Å². The van der Waals surface area contributed by atoms with Gasteiger partial charge in [0.25, 0.3) is 0 Å². The molecule has 0 radical (unpaired) electrons. The minimum absolute atomic E-state index is 0.829. The first-order valence-electron chi connectivity index (χ1n) is 4.50. The molecular formula is C9H21N2+. The van der Waals surface area contributed by atoms with E-state index in [0.717, 1.165) is 10.5 Å². The molecule has 0 aromatic heterocycles. The van der Waals surface area contributed by atoms with Crippen molar-refractivity contribution in [2.75, 3.05) is 41.3 Å². The van der Waals surface area contributed by atoms with Crippen molar-refractivity contribution in [2.45, 2.75) is 18.9 Å². The van der Waals surface area contributed by atoms with Gasteiger partial charge in [-0.05, 0) is 26.4 Å². The summed E-state index contributed by atoms with van der Waals surface area (Å²) in [4.78, 5) is 2.49. The molecule has 66 valence electrons. The Morgan fingerprint density at radius 1 is 1.36 bits per heavy atom. The van der Waals surface area contributed by atoms with Crippen LogP contribution in [0.5, 0.6) is 0 Å². The summed E-state index contributed by atoms with van der Waals surface area (Å²) in [7, 11) is 9.05. The van der Waals surface area contributed by atoms with E-state index in [9.17, 15) is 0 Å². The van der Waals surface area contributed by atoms with Crippen molar-refractivity contribution in [1.82, 2.24) is 4.90 Å². The Morgan fingerprint density at radius 2 is 2.00 bits per heavy atom. The smallest absolute Gasteiger partial charge is 0.0938 e. The monoisotopic (exact) mass is 157 g/mol. The molecular weight excluding hydrogens is 136 g/mol. The molecule has 0 N–H and O–H groups in total. The summed E-state index contributed by atoms with van der Waals surface area (Å²) >= 11 is 0. The van der Waals surface area contributed by atoms with Crippen LogP contribution in [0, 0.1) is 0 Å². The fourth-order valence-electron chi connectivity index (χ4n) is 1.84. The van der Waals surface area contributed by atoms with E-state index in [-0.39, 0.29) is 0 Å². The Morgan fingerprint density at radius 3 is 2.36 bits per heavy atom. The Labute approximate surface area is 70.4 Å². The van der Waals surface area contributed by atoms with E-state index in [0.29, 0.717) is 0 Å². The zero-order valence-corrected chi connectivity index (χ0v) is 8.30. The summed E-state index contributed by atoms with van der Waals surface area (Å²) in [6, 6.07) is 0.829. The fourth-order valence-corrected chi connectivity index (χ4v) is 1.84. The van der Waals surface area contributed by atoms with Gasteiger partial charge in [0.1, 0.15) is 0 Å². The van der Waals surface area contributed by atoms with Gasteiger partial charge < -0.3 is 4.48 Å². The van der Waals surface area contributed by atoms with E-state index >= 15 is 0 Å². The summed E-state index contributed by atoms with van der Waals surface area (Å²) in [6.45, 7) is 2.58. The molecule has 1 saturated heterocycles. The largest absolute Gasteiger partial charge is 0.330 e. The highest BCUT2D eigenvalue weighted by Gasteiger charge is 2.25. The van der Waals surface area contributed by atoms with Crippen LogP contribution in [-0.2, 0) is 0 Å². The van der Waals surface area contributed by atoms with Gasteiger partial charge in [0, 0.05) is 0 Å². The van der Waals surface area contributed by atoms with Crippen molar-refractivity contribution < 1.29 is 4.48 Å². The van der Waals surface area contributed by atoms with Crippen LogP contribution in [-0.4, -0.2) is 56.7 Å². The van der Waals surface area contributed by atoms with Crippen LogP contribution in [0.15, 0.2) is 0 Å². The Balaban J connectivity index is 2.37. The standard InChI is InChI=1S/C9H21N2/c1-10-7-5-6-9(10)8-11(2,3)4/h9H,5-8H2,1-4H3/q+1. The van der Waals surface area contributed by atoms with Crippen LogP contribution < -0.4 is 0 Å². The van der Waals surface area contributed by atoms with Crippen molar-refractivity contribution in [3.8, 4) is 0 Å². The molecule has 0 aromatic carbocycles. The Kier molecular flexibility index (Phi) is 2.55. The lowest BCUT2D eigenvalue weighted by Gasteiger charge is -2.30. The normalized spacial score (nSPS) is 27.8. The minimum atomic E-state index is 0.829. The van der Waals surface area contributed by atoms with E-state index < -0.39 is 0 Å². The molecule has 1 fully saturated rings. The van der Waals surface area contributed by atoms with Crippen LogP contribution in [0.1, 0.15) is 12.8 Å². The summed E-state index contributed by atoms with van der Waals surface area (Å²) in [5.74, 6) is 0. The average Bonchev–Trinajstić information content (AvgIpc) is 2.12.